The second-order valence-corrected chi connectivity index (χ2v) is 5.37. The number of hydrogen-bond acceptors (Lipinski definition) is 2. The van der Waals surface area contributed by atoms with Gasteiger partial charge in [-0.05, 0) is 44.4 Å². The van der Waals surface area contributed by atoms with E-state index in [0.29, 0.717) is 6.04 Å². The van der Waals surface area contributed by atoms with Crippen molar-refractivity contribution >= 4 is 0 Å². The quantitative estimate of drug-likeness (QED) is 0.840. The van der Waals surface area contributed by atoms with Gasteiger partial charge in [-0.25, -0.2) is 0 Å². The fourth-order valence-electron chi connectivity index (χ4n) is 2.52. The van der Waals surface area contributed by atoms with Crippen LogP contribution in [0.3, 0.4) is 0 Å². The molecule has 1 aromatic carbocycles. The van der Waals surface area contributed by atoms with Crippen molar-refractivity contribution in [1.29, 1.82) is 0 Å². The third-order valence-electron chi connectivity index (χ3n) is 3.10. The van der Waals surface area contributed by atoms with Crippen LogP contribution in [0.25, 0.3) is 0 Å². The Kier molecular flexibility index (Phi) is 4.72. The SMILES string of the molecule is Cc1cc(C)c(C(O)C(C)NC(C)C)c(C)c1. The molecule has 0 spiro atoms. The normalized spacial score (nSPS) is 15.1. The van der Waals surface area contributed by atoms with E-state index in [9.17, 15) is 5.11 Å². The molecular formula is C15H25NO. The number of rotatable bonds is 4. The first-order chi connectivity index (χ1) is 7.82. The molecule has 17 heavy (non-hydrogen) atoms. The predicted molar refractivity (Wildman–Crippen MR) is 73.3 cm³/mol. The van der Waals surface area contributed by atoms with Gasteiger partial charge in [0.05, 0.1) is 6.10 Å². The molecule has 0 fully saturated rings. The van der Waals surface area contributed by atoms with Gasteiger partial charge in [0, 0.05) is 12.1 Å². The zero-order valence-electron chi connectivity index (χ0n) is 11.8. The van der Waals surface area contributed by atoms with Crippen LogP contribution in [0.4, 0.5) is 0 Å². The Morgan fingerprint density at radius 2 is 1.47 bits per heavy atom. The number of benzene rings is 1. The Bertz CT molecular complexity index is 362. The Morgan fingerprint density at radius 1 is 1.00 bits per heavy atom. The molecule has 0 saturated carbocycles. The van der Waals surface area contributed by atoms with Crippen LogP contribution < -0.4 is 5.32 Å². The van der Waals surface area contributed by atoms with Crippen LogP contribution in [-0.2, 0) is 0 Å². The Labute approximate surface area is 105 Å². The first-order valence-corrected chi connectivity index (χ1v) is 6.34. The molecule has 0 aromatic heterocycles. The third-order valence-corrected chi connectivity index (χ3v) is 3.10. The van der Waals surface area contributed by atoms with E-state index in [-0.39, 0.29) is 6.04 Å². The highest BCUT2D eigenvalue weighted by molar-refractivity contribution is 5.39. The van der Waals surface area contributed by atoms with Crippen molar-refractivity contribution in [3.05, 3.63) is 34.4 Å². The van der Waals surface area contributed by atoms with E-state index in [2.05, 4.69) is 52.1 Å². The van der Waals surface area contributed by atoms with Gasteiger partial charge >= 0.3 is 0 Å². The summed E-state index contributed by atoms with van der Waals surface area (Å²) in [5.41, 5.74) is 4.66. The summed E-state index contributed by atoms with van der Waals surface area (Å²) in [5, 5.41) is 13.8. The van der Waals surface area contributed by atoms with Crippen molar-refractivity contribution in [3.63, 3.8) is 0 Å². The fraction of sp³-hybridized carbons (Fsp3) is 0.600. The van der Waals surface area contributed by atoms with Crippen molar-refractivity contribution in [2.45, 2.75) is 59.7 Å². The summed E-state index contributed by atoms with van der Waals surface area (Å²) in [4.78, 5) is 0. The molecule has 2 unspecified atom stereocenters. The zero-order chi connectivity index (χ0) is 13.2. The van der Waals surface area contributed by atoms with Crippen LogP contribution in [0.1, 0.15) is 49.1 Å². The molecule has 0 radical (unpaired) electrons. The molecule has 0 aliphatic carbocycles. The van der Waals surface area contributed by atoms with E-state index in [1.807, 2.05) is 6.92 Å². The molecule has 1 aromatic rings. The summed E-state index contributed by atoms with van der Waals surface area (Å²) in [6.07, 6.45) is -0.446. The maximum Gasteiger partial charge on any atom is 0.0945 e. The minimum absolute atomic E-state index is 0.0649. The lowest BCUT2D eigenvalue weighted by Gasteiger charge is -2.25. The van der Waals surface area contributed by atoms with Crippen LogP contribution in [0.15, 0.2) is 12.1 Å². The molecule has 2 N–H and O–H groups in total. The first kappa shape index (κ1) is 14.2. The Morgan fingerprint density at radius 3 is 1.88 bits per heavy atom. The summed E-state index contributed by atoms with van der Waals surface area (Å²) in [6.45, 7) is 12.5. The molecule has 2 nitrogen and oxygen atoms in total. The van der Waals surface area contributed by atoms with Crippen LogP contribution >= 0.6 is 0 Å². The molecule has 1 rings (SSSR count). The molecule has 0 saturated heterocycles. The zero-order valence-corrected chi connectivity index (χ0v) is 11.8. The minimum Gasteiger partial charge on any atom is -0.387 e. The lowest BCUT2D eigenvalue weighted by atomic mass is 9.92. The standard InChI is InChI=1S/C15H25NO/c1-9(2)16-13(6)15(17)14-11(4)7-10(3)8-12(14)5/h7-9,13,15-17H,1-6H3. The van der Waals surface area contributed by atoms with Gasteiger partial charge in [-0.15, -0.1) is 0 Å². The molecule has 0 heterocycles. The second kappa shape index (κ2) is 5.65. The molecule has 2 heteroatoms. The van der Waals surface area contributed by atoms with Crippen LogP contribution in [0.2, 0.25) is 0 Å². The van der Waals surface area contributed by atoms with E-state index in [1.54, 1.807) is 0 Å². The van der Waals surface area contributed by atoms with Crippen molar-refractivity contribution < 1.29 is 5.11 Å². The molecule has 2 atom stereocenters. The van der Waals surface area contributed by atoms with Crippen LogP contribution in [0, 0.1) is 20.8 Å². The highest BCUT2D eigenvalue weighted by atomic mass is 16.3. The van der Waals surface area contributed by atoms with Crippen molar-refractivity contribution in [3.8, 4) is 0 Å². The van der Waals surface area contributed by atoms with Gasteiger partial charge < -0.3 is 10.4 Å². The molecule has 0 amide bonds. The number of hydrogen-bond donors (Lipinski definition) is 2. The van der Waals surface area contributed by atoms with Gasteiger partial charge in [0.1, 0.15) is 0 Å². The van der Waals surface area contributed by atoms with Gasteiger partial charge in [-0.1, -0.05) is 31.5 Å². The van der Waals surface area contributed by atoms with Gasteiger partial charge in [-0.2, -0.15) is 0 Å². The van der Waals surface area contributed by atoms with Crippen LogP contribution in [0.5, 0.6) is 0 Å². The Hall–Kier alpha value is -0.860. The maximum absolute atomic E-state index is 10.4. The van der Waals surface area contributed by atoms with Crippen molar-refractivity contribution in [2.24, 2.45) is 0 Å². The van der Waals surface area contributed by atoms with Gasteiger partial charge in [0.2, 0.25) is 0 Å². The molecular weight excluding hydrogens is 210 g/mol. The summed E-state index contributed by atoms with van der Waals surface area (Å²) in [7, 11) is 0. The lowest BCUT2D eigenvalue weighted by Crippen LogP contribution is -2.37. The maximum atomic E-state index is 10.4. The van der Waals surface area contributed by atoms with Gasteiger partial charge in [-0.3, -0.25) is 0 Å². The average Bonchev–Trinajstić information content (AvgIpc) is 2.14. The number of aliphatic hydroxyl groups is 1. The van der Waals surface area contributed by atoms with E-state index in [0.717, 1.165) is 5.56 Å². The minimum atomic E-state index is -0.446. The fourth-order valence-corrected chi connectivity index (χ4v) is 2.52. The second-order valence-electron chi connectivity index (χ2n) is 5.37. The Balaban J connectivity index is 2.99. The number of nitrogens with one attached hydrogen (secondary N) is 1. The lowest BCUT2D eigenvalue weighted by molar-refractivity contribution is 0.130. The van der Waals surface area contributed by atoms with Crippen molar-refractivity contribution in [1.82, 2.24) is 5.32 Å². The van der Waals surface area contributed by atoms with E-state index < -0.39 is 6.10 Å². The number of aliphatic hydroxyl groups excluding tert-OH is 1. The topological polar surface area (TPSA) is 32.3 Å². The highest BCUT2D eigenvalue weighted by Gasteiger charge is 2.20. The van der Waals surface area contributed by atoms with Gasteiger partial charge in [0.15, 0.2) is 0 Å². The summed E-state index contributed by atoms with van der Waals surface area (Å²) < 4.78 is 0. The van der Waals surface area contributed by atoms with Gasteiger partial charge in [0.25, 0.3) is 0 Å². The smallest absolute Gasteiger partial charge is 0.0945 e. The molecule has 0 aliphatic heterocycles. The van der Waals surface area contributed by atoms with E-state index >= 15 is 0 Å². The summed E-state index contributed by atoms with van der Waals surface area (Å²) >= 11 is 0. The summed E-state index contributed by atoms with van der Waals surface area (Å²) in [6, 6.07) is 4.71. The number of aryl methyl sites for hydroxylation is 3. The molecule has 96 valence electrons. The van der Waals surface area contributed by atoms with E-state index in [1.165, 1.54) is 16.7 Å². The highest BCUT2D eigenvalue weighted by Crippen LogP contribution is 2.25. The third kappa shape index (κ3) is 3.55. The van der Waals surface area contributed by atoms with Crippen molar-refractivity contribution in [2.75, 3.05) is 0 Å². The average molecular weight is 235 g/mol. The largest absolute Gasteiger partial charge is 0.387 e. The van der Waals surface area contributed by atoms with Crippen LogP contribution in [-0.4, -0.2) is 17.2 Å². The molecule has 0 aliphatic rings. The first-order valence-electron chi connectivity index (χ1n) is 6.34. The monoisotopic (exact) mass is 235 g/mol. The molecule has 0 bridgehead atoms. The predicted octanol–water partition coefficient (Wildman–Crippen LogP) is 3.03. The summed E-state index contributed by atoms with van der Waals surface area (Å²) in [5.74, 6) is 0. The van der Waals surface area contributed by atoms with E-state index in [4.69, 9.17) is 0 Å².